The lowest BCUT2D eigenvalue weighted by Crippen LogP contribution is -2.37. The van der Waals surface area contributed by atoms with Crippen LogP contribution in [0.4, 0.5) is 0 Å². The highest BCUT2D eigenvalue weighted by atomic mass is 16.6. The van der Waals surface area contributed by atoms with E-state index < -0.39 is 0 Å². The Kier molecular flexibility index (Phi) is 9.93. The molecule has 2 unspecified atom stereocenters. The molecule has 128 valence electrons. The highest BCUT2D eigenvalue weighted by Crippen LogP contribution is 2.25. The summed E-state index contributed by atoms with van der Waals surface area (Å²) in [5.41, 5.74) is 0. The third kappa shape index (κ3) is 7.81. The maximum Gasteiger partial charge on any atom is 0.306 e. The molecule has 1 fully saturated rings. The van der Waals surface area contributed by atoms with Gasteiger partial charge in [0.2, 0.25) is 0 Å². The topological polar surface area (TPSA) is 52.6 Å². The molecule has 1 aliphatic rings. The number of hydrogen-bond acceptors (Lipinski definition) is 4. The molecule has 0 aliphatic heterocycles. The number of esters is 2. The lowest BCUT2D eigenvalue weighted by Gasteiger charge is -2.30. The second-order valence-corrected chi connectivity index (χ2v) is 6.26. The molecule has 0 radical (unpaired) electrons. The number of carbonyl (C=O) groups is 2. The number of hydrogen-bond donors (Lipinski definition) is 0. The molecule has 1 rings (SSSR count). The van der Waals surface area contributed by atoms with Gasteiger partial charge in [-0.25, -0.2) is 0 Å². The van der Waals surface area contributed by atoms with Gasteiger partial charge in [-0.1, -0.05) is 39.5 Å². The normalized spacial score (nSPS) is 21.4. The fourth-order valence-electron chi connectivity index (χ4n) is 2.83. The van der Waals surface area contributed by atoms with Gasteiger partial charge < -0.3 is 9.47 Å². The van der Waals surface area contributed by atoms with Gasteiger partial charge in [0.15, 0.2) is 0 Å². The first-order chi connectivity index (χ1) is 10.7. The number of unbranched alkanes of at least 4 members (excludes halogenated alkanes) is 4. The van der Waals surface area contributed by atoms with Gasteiger partial charge in [0.25, 0.3) is 0 Å². The Balaban J connectivity index is 2.35. The molecule has 1 saturated carbocycles. The van der Waals surface area contributed by atoms with Crippen LogP contribution in [-0.4, -0.2) is 24.1 Å². The zero-order valence-corrected chi connectivity index (χ0v) is 14.3. The largest absolute Gasteiger partial charge is 0.458 e. The van der Waals surface area contributed by atoms with E-state index in [4.69, 9.17) is 9.47 Å². The zero-order chi connectivity index (χ0) is 16.2. The predicted molar refractivity (Wildman–Crippen MR) is 86.5 cm³/mol. The van der Waals surface area contributed by atoms with Crippen LogP contribution in [0, 0.1) is 0 Å². The summed E-state index contributed by atoms with van der Waals surface area (Å²) in [5.74, 6) is -0.292. The van der Waals surface area contributed by atoms with Crippen molar-refractivity contribution in [2.24, 2.45) is 0 Å². The highest BCUT2D eigenvalue weighted by molar-refractivity contribution is 5.70. The molecule has 0 spiro atoms. The fraction of sp³-hybridized carbons (Fsp3) is 0.889. The Morgan fingerprint density at radius 2 is 1.18 bits per heavy atom. The number of ether oxygens (including phenoxy) is 2. The van der Waals surface area contributed by atoms with Crippen LogP contribution in [0.25, 0.3) is 0 Å². The first kappa shape index (κ1) is 19.0. The van der Waals surface area contributed by atoms with Crippen LogP contribution in [0.1, 0.15) is 90.9 Å². The van der Waals surface area contributed by atoms with Gasteiger partial charge in [-0.15, -0.1) is 0 Å². The monoisotopic (exact) mass is 312 g/mol. The van der Waals surface area contributed by atoms with Crippen LogP contribution < -0.4 is 0 Å². The minimum Gasteiger partial charge on any atom is -0.458 e. The summed E-state index contributed by atoms with van der Waals surface area (Å²) in [5, 5.41) is 0. The van der Waals surface area contributed by atoms with Crippen molar-refractivity contribution in [2.45, 2.75) is 103 Å². The van der Waals surface area contributed by atoms with E-state index in [2.05, 4.69) is 13.8 Å². The van der Waals surface area contributed by atoms with Crippen LogP contribution in [-0.2, 0) is 19.1 Å². The predicted octanol–water partition coefficient (Wildman–Crippen LogP) is 4.54. The minimum absolute atomic E-state index is 0.146. The minimum atomic E-state index is -0.238. The van der Waals surface area contributed by atoms with Gasteiger partial charge >= 0.3 is 11.9 Å². The second-order valence-electron chi connectivity index (χ2n) is 6.26. The van der Waals surface area contributed by atoms with Gasteiger partial charge in [0.05, 0.1) is 0 Å². The van der Waals surface area contributed by atoms with E-state index in [0.29, 0.717) is 12.8 Å². The van der Waals surface area contributed by atoms with Crippen LogP contribution in [0.2, 0.25) is 0 Å². The van der Waals surface area contributed by atoms with Crippen molar-refractivity contribution < 1.29 is 19.1 Å². The van der Waals surface area contributed by atoms with E-state index in [1.807, 2.05) is 0 Å². The molecule has 0 aromatic rings. The van der Waals surface area contributed by atoms with Crippen molar-refractivity contribution in [1.29, 1.82) is 0 Å². The Bertz CT molecular complexity index is 295. The first-order valence-electron chi connectivity index (χ1n) is 9.06. The average Bonchev–Trinajstić information content (AvgIpc) is 2.50. The van der Waals surface area contributed by atoms with Crippen LogP contribution >= 0.6 is 0 Å². The molecular formula is C18H32O4. The molecule has 0 aromatic carbocycles. The van der Waals surface area contributed by atoms with Crippen LogP contribution in [0.15, 0.2) is 0 Å². The Labute approximate surface area is 134 Å². The van der Waals surface area contributed by atoms with Crippen molar-refractivity contribution in [3.8, 4) is 0 Å². The molecule has 4 heteroatoms. The molecule has 0 amide bonds. The van der Waals surface area contributed by atoms with Crippen LogP contribution in [0.3, 0.4) is 0 Å². The van der Waals surface area contributed by atoms with E-state index in [-0.39, 0.29) is 24.1 Å². The first-order valence-corrected chi connectivity index (χ1v) is 9.06. The summed E-state index contributed by atoms with van der Waals surface area (Å²) in [6.45, 7) is 4.22. The molecular weight excluding hydrogens is 280 g/mol. The van der Waals surface area contributed by atoms with Gasteiger partial charge in [-0.2, -0.15) is 0 Å². The Morgan fingerprint density at radius 3 is 1.55 bits per heavy atom. The second kappa shape index (κ2) is 11.5. The summed E-state index contributed by atoms with van der Waals surface area (Å²) < 4.78 is 11.1. The summed E-state index contributed by atoms with van der Waals surface area (Å²) in [6, 6.07) is 0. The molecule has 2 atom stereocenters. The SMILES string of the molecule is CCCCCC(=O)OC1CCCCC1OC(=O)CCCCC. The Morgan fingerprint density at radius 1 is 0.773 bits per heavy atom. The molecule has 0 aromatic heterocycles. The van der Waals surface area contributed by atoms with E-state index in [0.717, 1.165) is 64.2 Å². The maximum absolute atomic E-state index is 11.9. The number of rotatable bonds is 10. The summed E-state index contributed by atoms with van der Waals surface area (Å²) in [6.07, 6.45) is 10.2. The van der Waals surface area contributed by atoms with Gasteiger partial charge in [-0.05, 0) is 38.5 Å². The lowest BCUT2D eigenvalue weighted by atomic mass is 9.94. The van der Waals surface area contributed by atoms with Crippen molar-refractivity contribution in [3.05, 3.63) is 0 Å². The number of carbonyl (C=O) groups excluding carboxylic acids is 2. The fourth-order valence-corrected chi connectivity index (χ4v) is 2.83. The van der Waals surface area contributed by atoms with E-state index in [1.165, 1.54) is 0 Å². The van der Waals surface area contributed by atoms with Crippen molar-refractivity contribution in [3.63, 3.8) is 0 Å². The molecule has 0 N–H and O–H groups in total. The molecule has 4 nitrogen and oxygen atoms in total. The standard InChI is InChI=1S/C18H32O4/c1-3-5-7-13-17(19)21-15-11-9-10-12-16(15)22-18(20)14-8-6-4-2/h15-16H,3-14H2,1-2H3. The summed E-state index contributed by atoms with van der Waals surface area (Å²) in [4.78, 5) is 23.7. The highest BCUT2D eigenvalue weighted by Gasteiger charge is 2.31. The third-order valence-corrected chi connectivity index (χ3v) is 4.18. The third-order valence-electron chi connectivity index (χ3n) is 4.18. The summed E-state index contributed by atoms with van der Waals surface area (Å²) in [7, 11) is 0. The van der Waals surface area contributed by atoms with E-state index >= 15 is 0 Å². The van der Waals surface area contributed by atoms with Crippen molar-refractivity contribution in [1.82, 2.24) is 0 Å². The molecule has 1 aliphatic carbocycles. The van der Waals surface area contributed by atoms with Crippen molar-refractivity contribution >= 4 is 11.9 Å². The van der Waals surface area contributed by atoms with Gasteiger partial charge in [-0.3, -0.25) is 9.59 Å². The average molecular weight is 312 g/mol. The van der Waals surface area contributed by atoms with Gasteiger partial charge in [0, 0.05) is 12.8 Å². The van der Waals surface area contributed by atoms with Crippen LogP contribution in [0.5, 0.6) is 0 Å². The van der Waals surface area contributed by atoms with Crippen molar-refractivity contribution in [2.75, 3.05) is 0 Å². The smallest absolute Gasteiger partial charge is 0.306 e. The molecule has 0 bridgehead atoms. The zero-order valence-electron chi connectivity index (χ0n) is 14.3. The lowest BCUT2D eigenvalue weighted by molar-refractivity contribution is -0.171. The maximum atomic E-state index is 11.9. The molecule has 22 heavy (non-hydrogen) atoms. The van der Waals surface area contributed by atoms with E-state index in [1.54, 1.807) is 0 Å². The van der Waals surface area contributed by atoms with Gasteiger partial charge in [0.1, 0.15) is 12.2 Å². The molecule has 0 saturated heterocycles. The summed E-state index contributed by atoms with van der Waals surface area (Å²) >= 11 is 0. The Hall–Kier alpha value is -1.06. The van der Waals surface area contributed by atoms with E-state index in [9.17, 15) is 9.59 Å². The molecule has 0 heterocycles. The quantitative estimate of drug-likeness (QED) is 0.439.